The lowest BCUT2D eigenvalue weighted by Crippen LogP contribution is -2.31. The molecule has 5 heteroatoms. The summed E-state index contributed by atoms with van der Waals surface area (Å²) < 4.78 is 18.6. The first-order valence-electron chi connectivity index (χ1n) is 5.38. The van der Waals surface area contributed by atoms with E-state index in [0.717, 1.165) is 6.07 Å². The Morgan fingerprint density at radius 1 is 1.67 bits per heavy atom. The van der Waals surface area contributed by atoms with Crippen LogP contribution in [0.3, 0.4) is 0 Å². The van der Waals surface area contributed by atoms with E-state index in [1.165, 1.54) is 12.1 Å². The summed E-state index contributed by atoms with van der Waals surface area (Å²) in [6.45, 7) is 2.02. The Kier molecular flexibility index (Phi) is 5.63. The molecule has 0 spiro atoms. The minimum Gasteiger partial charge on any atom is -0.465 e. The van der Waals surface area contributed by atoms with Crippen LogP contribution >= 0.6 is 11.6 Å². The SMILES string of the molecule is C#CCNC(C(=O)OCC)c1ccc(Cl)cc1F. The zero-order valence-corrected chi connectivity index (χ0v) is 10.6. The number of rotatable bonds is 5. The first-order chi connectivity index (χ1) is 8.60. The van der Waals surface area contributed by atoms with Gasteiger partial charge in [-0.2, -0.15) is 0 Å². The molecule has 0 aromatic heterocycles. The molecule has 0 aliphatic rings. The molecule has 1 aromatic carbocycles. The van der Waals surface area contributed by atoms with Crippen LogP contribution in [-0.4, -0.2) is 19.1 Å². The molecule has 1 atom stereocenters. The van der Waals surface area contributed by atoms with Crippen molar-refractivity contribution in [3.8, 4) is 12.3 Å². The summed E-state index contributed by atoms with van der Waals surface area (Å²) >= 11 is 5.66. The standard InChI is InChI=1S/C13H13ClFNO2/c1-3-7-16-12(13(17)18-4-2)10-6-5-9(14)8-11(10)15/h1,5-6,8,12,16H,4,7H2,2H3. The van der Waals surface area contributed by atoms with Gasteiger partial charge in [0.15, 0.2) is 0 Å². The molecular formula is C13H13ClFNO2. The molecule has 0 fully saturated rings. The molecule has 0 radical (unpaired) electrons. The molecule has 1 rings (SSSR count). The van der Waals surface area contributed by atoms with Crippen molar-refractivity contribution in [1.29, 1.82) is 0 Å². The van der Waals surface area contributed by atoms with Crippen LogP contribution in [0.15, 0.2) is 18.2 Å². The van der Waals surface area contributed by atoms with Gasteiger partial charge in [-0.05, 0) is 19.1 Å². The molecule has 0 amide bonds. The maximum absolute atomic E-state index is 13.7. The summed E-state index contributed by atoms with van der Waals surface area (Å²) in [4.78, 5) is 11.7. The van der Waals surface area contributed by atoms with Crippen LogP contribution in [0.1, 0.15) is 18.5 Å². The lowest BCUT2D eigenvalue weighted by atomic mass is 10.1. The number of hydrogen-bond donors (Lipinski definition) is 1. The van der Waals surface area contributed by atoms with E-state index >= 15 is 0 Å². The van der Waals surface area contributed by atoms with Crippen LogP contribution < -0.4 is 5.32 Å². The van der Waals surface area contributed by atoms with E-state index in [0.29, 0.717) is 0 Å². The highest BCUT2D eigenvalue weighted by atomic mass is 35.5. The third kappa shape index (κ3) is 3.73. The van der Waals surface area contributed by atoms with Gasteiger partial charge in [0.05, 0.1) is 13.2 Å². The third-order valence-corrected chi connectivity index (χ3v) is 2.44. The Hall–Kier alpha value is -1.57. The van der Waals surface area contributed by atoms with Gasteiger partial charge in [-0.25, -0.2) is 9.18 Å². The average Bonchev–Trinajstić information content (AvgIpc) is 2.32. The largest absolute Gasteiger partial charge is 0.465 e. The molecule has 0 aliphatic heterocycles. The zero-order chi connectivity index (χ0) is 13.5. The Balaban J connectivity index is 3.01. The summed E-state index contributed by atoms with van der Waals surface area (Å²) in [6, 6.07) is 3.14. The second-order valence-electron chi connectivity index (χ2n) is 3.44. The number of carbonyl (C=O) groups excluding carboxylic acids is 1. The van der Waals surface area contributed by atoms with E-state index in [-0.39, 0.29) is 23.7 Å². The van der Waals surface area contributed by atoms with Gasteiger partial charge in [0.1, 0.15) is 11.9 Å². The van der Waals surface area contributed by atoms with Gasteiger partial charge >= 0.3 is 5.97 Å². The van der Waals surface area contributed by atoms with Crippen LogP contribution in [0.25, 0.3) is 0 Å². The zero-order valence-electron chi connectivity index (χ0n) is 9.87. The van der Waals surface area contributed by atoms with Gasteiger partial charge in [-0.1, -0.05) is 23.6 Å². The number of terminal acetylenes is 1. The van der Waals surface area contributed by atoms with E-state index in [9.17, 15) is 9.18 Å². The van der Waals surface area contributed by atoms with Gasteiger partial charge in [0.25, 0.3) is 0 Å². The number of hydrogen-bond acceptors (Lipinski definition) is 3. The predicted molar refractivity (Wildman–Crippen MR) is 67.6 cm³/mol. The number of carbonyl (C=O) groups is 1. The van der Waals surface area contributed by atoms with E-state index < -0.39 is 17.8 Å². The highest BCUT2D eigenvalue weighted by Gasteiger charge is 2.24. The maximum Gasteiger partial charge on any atom is 0.327 e. The Morgan fingerprint density at radius 2 is 2.39 bits per heavy atom. The molecular weight excluding hydrogens is 257 g/mol. The number of benzene rings is 1. The highest BCUT2D eigenvalue weighted by Crippen LogP contribution is 2.21. The Morgan fingerprint density at radius 3 is 2.94 bits per heavy atom. The molecule has 96 valence electrons. The quantitative estimate of drug-likeness (QED) is 0.658. The Labute approximate surface area is 110 Å². The first-order valence-corrected chi connectivity index (χ1v) is 5.76. The molecule has 1 aromatic rings. The summed E-state index contributed by atoms with van der Waals surface area (Å²) in [5, 5.41) is 3.00. The minimum atomic E-state index is -0.932. The highest BCUT2D eigenvalue weighted by molar-refractivity contribution is 6.30. The molecule has 0 saturated heterocycles. The van der Waals surface area contributed by atoms with Crippen LogP contribution in [-0.2, 0) is 9.53 Å². The van der Waals surface area contributed by atoms with Crippen molar-refractivity contribution < 1.29 is 13.9 Å². The molecule has 1 unspecified atom stereocenters. The fraction of sp³-hybridized carbons (Fsp3) is 0.308. The number of halogens is 2. The van der Waals surface area contributed by atoms with Gasteiger partial charge in [-0.15, -0.1) is 6.42 Å². The van der Waals surface area contributed by atoms with Gasteiger partial charge in [-0.3, -0.25) is 5.32 Å². The van der Waals surface area contributed by atoms with E-state index in [2.05, 4.69) is 11.2 Å². The predicted octanol–water partition coefficient (Wildman–Crippen LogP) is 2.31. The fourth-order valence-electron chi connectivity index (χ4n) is 1.44. The van der Waals surface area contributed by atoms with E-state index in [1.54, 1.807) is 6.92 Å². The van der Waals surface area contributed by atoms with Crippen molar-refractivity contribution in [3.05, 3.63) is 34.6 Å². The third-order valence-electron chi connectivity index (χ3n) is 2.20. The second-order valence-corrected chi connectivity index (χ2v) is 3.87. The van der Waals surface area contributed by atoms with Crippen LogP contribution in [0.2, 0.25) is 5.02 Å². The monoisotopic (exact) mass is 269 g/mol. The number of esters is 1. The molecule has 1 N–H and O–H groups in total. The van der Waals surface area contributed by atoms with Crippen LogP contribution in [0, 0.1) is 18.2 Å². The fourth-order valence-corrected chi connectivity index (χ4v) is 1.60. The van der Waals surface area contributed by atoms with Crippen molar-refractivity contribution in [2.75, 3.05) is 13.2 Å². The lowest BCUT2D eigenvalue weighted by molar-refractivity contribution is -0.145. The van der Waals surface area contributed by atoms with Crippen molar-refractivity contribution >= 4 is 17.6 Å². The maximum atomic E-state index is 13.7. The molecule has 0 saturated carbocycles. The summed E-state index contributed by atoms with van der Waals surface area (Å²) in [5.41, 5.74) is 0.160. The van der Waals surface area contributed by atoms with Crippen LogP contribution in [0.4, 0.5) is 4.39 Å². The van der Waals surface area contributed by atoms with Crippen molar-refractivity contribution in [2.45, 2.75) is 13.0 Å². The topological polar surface area (TPSA) is 38.3 Å². The molecule has 0 heterocycles. The first kappa shape index (κ1) is 14.5. The molecule has 18 heavy (non-hydrogen) atoms. The number of nitrogens with one attached hydrogen (secondary N) is 1. The number of ether oxygens (including phenoxy) is 1. The minimum absolute atomic E-state index is 0.131. The summed E-state index contributed by atoms with van der Waals surface area (Å²) in [6.07, 6.45) is 5.11. The smallest absolute Gasteiger partial charge is 0.327 e. The van der Waals surface area contributed by atoms with Gasteiger partial charge < -0.3 is 4.74 Å². The van der Waals surface area contributed by atoms with Crippen molar-refractivity contribution in [1.82, 2.24) is 5.32 Å². The average molecular weight is 270 g/mol. The second kappa shape index (κ2) is 7.00. The molecule has 3 nitrogen and oxygen atoms in total. The summed E-state index contributed by atoms with van der Waals surface area (Å²) in [5.74, 6) is 1.17. The van der Waals surface area contributed by atoms with E-state index in [4.69, 9.17) is 22.8 Å². The Bertz CT molecular complexity index is 471. The van der Waals surface area contributed by atoms with Gasteiger partial charge in [0.2, 0.25) is 0 Å². The van der Waals surface area contributed by atoms with Crippen molar-refractivity contribution in [3.63, 3.8) is 0 Å². The summed E-state index contributed by atoms with van der Waals surface area (Å²) in [7, 11) is 0. The molecule has 0 aliphatic carbocycles. The molecule has 0 bridgehead atoms. The van der Waals surface area contributed by atoms with Crippen molar-refractivity contribution in [2.24, 2.45) is 0 Å². The van der Waals surface area contributed by atoms with Gasteiger partial charge in [0, 0.05) is 10.6 Å². The van der Waals surface area contributed by atoms with Crippen LogP contribution in [0.5, 0.6) is 0 Å². The normalized spacial score (nSPS) is 11.7. The lowest BCUT2D eigenvalue weighted by Gasteiger charge is -2.17. The van der Waals surface area contributed by atoms with E-state index in [1.807, 2.05) is 0 Å².